The number of rotatable bonds is 7. The summed E-state index contributed by atoms with van der Waals surface area (Å²) in [5.74, 6) is 1.90. The second-order valence-corrected chi connectivity index (χ2v) is 12.3. The van der Waals surface area contributed by atoms with Crippen LogP contribution < -0.4 is 0 Å². The largest absolute Gasteiger partial charge is 0.501 e. The predicted octanol–water partition coefficient (Wildman–Crippen LogP) is 7.47. The fraction of sp³-hybridized carbons (Fsp3) is 0.630. The maximum Gasteiger partial charge on any atom is 0.129 e. The lowest BCUT2D eigenvalue weighted by Crippen LogP contribution is -2.42. The van der Waals surface area contributed by atoms with Crippen LogP contribution >= 0.6 is 7.92 Å². The molecule has 2 saturated carbocycles. The van der Waals surface area contributed by atoms with E-state index in [1.54, 1.807) is 14.2 Å². The Morgan fingerprint density at radius 3 is 1.84 bits per heavy atom. The lowest BCUT2D eigenvalue weighted by atomic mass is 9.91. The van der Waals surface area contributed by atoms with Crippen LogP contribution in [0, 0.1) is 0 Å². The summed E-state index contributed by atoms with van der Waals surface area (Å²) < 4.78 is 18.6. The Morgan fingerprint density at radius 1 is 0.774 bits per heavy atom. The SMILES string of the molecule is COC1=CC(OC)=C(c2ccccc2)C(OC)(P(C2CCCCC2)C2CCCCC2)C1. The van der Waals surface area contributed by atoms with Crippen LogP contribution in [0.4, 0.5) is 0 Å². The van der Waals surface area contributed by atoms with Gasteiger partial charge in [0, 0.05) is 25.2 Å². The molecule has 0 heterocycles. The summed E-state index contributed by atoms with van der Waals surface area (Å²) in [6, 6.07) is 10.8. The minimum atomic E-state index is -0.408. The standard InChI is InChI=1S/C27H39O3P/c1-28-22-19-25(29-2)26(21-13-7-4-8-14-21)27(20-22,30-3)31(23-15-9-5-10-16-23)24-17-11-6-12-18-24/h4,7-8,13-14,19,23-24H,5-6,9-12,15-18,20H2,1-3H3. The highest BCUT2D eigenvalue weighted by molar-refractivity contribution is 7.61. The van der Waals surface area contributed by atoms with Crippen molar-refractivity contribution in [2.24, 2.45) is 0 Å². The van der Waals surface area contributed by atoms with Crippen molar-refractivity contribution in [3.8, 4) is 0 Å². The Hall–Kier alpha value is -1.31. The minimum Gasteiger partial charge on any atom is -0.501 e. The predicted molar refractivity (Wildman–Crippen MR) is 130 cm³/mol. The van der Waals surface area contributed by atoms with Gasteiger partial charge in [0.05, 0.1) is 14.2 Å². The van der Waals surface area contributed by atoms with Gasteiger partial charge in [0.1, 0.15) is 16.9 Å². The van der Waals surface area contributed by atoms with E-state index in [0.29, 0.717) is 0 Å². The molecule has 0 spiro atoms. The van der Waals surface area contributed by atoms with Crippen molar-refractivity contribution < 1.29 is 14.2 Å². The van der Waals surface area contributed by atoms with Crippen LogP contribution in [0.25, 0.3) is 5.57 Å². The van der Waals surface area contributed by atoms with Crippen molar-refractivity contribution in [1.82, 2.24) is 0 Å². The van der Waals surface area contributed by atoms with E-state index >= 15 is 0 Å². The van der Waals surface area contributed by atoms with Crippen LogP contribution in [-0.2, 0) is 14.2 Å². The molecule has 4 rings (SSSR count). The maximum atomic E-state index is 6.75. The highest BCUT2D eigenvalue weighted by Crippen LogP contribution is 2.70. The zero-order chi connectivity index (χ0) is 21.7. The summed E-state index contributed by atoms with van der Waals surface area (Å²) >= 11 is 0. The maximum absolute atomic E-state index is 6.75. The second kappa shape index (κ2) is 10.5. The Kier molecular flexibility index (Phi) is 7.77. The van der Waals surface area contributed by atoms with Gasteiger partial charge < -0.3 is 14.2 Å². The smallest absolute Gasteiger partial charge is 0.129 e. The fourth-order valence-electron chi connectivity index (χ4n) is 6.16. The molecular weight excluding hydrogens is 403 g/mol. The second-order valence-electron chi connectivity index (χ2n) is 9.28. The number of methoxy groups -OCH3 is 3. The Balaban J connectivity index is 1.89. The summed E-state index contributed by atoms with van der Waals surface area (Å²) in [4.78, 5) is 0. The van der Waals surface area contributed by atoms with Crippen LogP contribution in [0.1, 0.15) is 76.2 Å². The zero-order valence-electron chi connectivity index (χ0n) is 19.6. The van der Waals surface area contributed by atoms with E-state index < -0.39 is 7.92 Å². The first-order valence-corrected chi connectivity index (χ1v) is 13.6. The van der Waals surface area contributed by atoms with Crippen LogP contribution in [0.5, 0.6) is 0 Å². The number of allylic oxidation sites excluding steroid dienone is 1. The molecule has 0 radical (unpaired) electrons. The van der Waals surface area contributed by atoms with Crippen molar-refractivity contribution in [1.29, 1.82) is 0 Å². The van der Waals surface area contributed by atoms with Crippen LogP contribution in [-0.4, -0.2) is 38.0 Å². The van der Waals surface area contributed by atoms with Gasteiger partial charge in [-0.2, -0.15) is 0 Å². The van der Waals surface area contributed by atoms with Crippen molar-refractivity contribution in [3.63, 3.8) is 0 Å². The monoisotopic (exact) mass is 442 g/mol. The number of hydrogen-bond acceptors (Lipinski definition) is 3. The summed E-state index contributed by atoms with van der Waals surface area (Å²) in [6.07, 6.45) is 16.5. The third kappa shape index (κ3) is 4.60. The van der Waals surface area contributed by atoms with Gasteiger partial charge >= 0.3 is 0 Å². The number of benzene rings is 1. The number of ether oxygens (including phenoxy) is 3. The molecule has 170 valence electrons. The molecule has 0 saturated heterocycles. The molecule has 1 atom stereocenters. The summed E-state index contributed by atoms with van der Waals surface area (Å²) in [7, 11) is 5.11. The van der Waals surface area contributed by atoms with Gasteiger partial charge in [-0.15, -0.1) is 0 Å². The Morgan fingerprint density at radius 2 is 1.35 bits per heavy atom. The van der Waals surface area contributed by atoms with Gasteiger partial charge in [-0.25, -0.2) is 0 Å². The lowest BCUT2D eigenvalue weighted by molar-refractivity contribution is 0.0888. The zero-order valence-corrected chi connectivity index (χ0v) is 20.5. The number of hydrogen-bond donors (Lipinski definition) is 0. The van der Waals surface area contributed by atoms with Crippen molar-refractivity contribution in [3.05, 3.63) is 53.5 Å². The highest BCUT2D eigenvalue weighted by Gasteiger charge is 2.52. The molecule has 0 aliphatic heterocycles. The Labute approximate surface area is 190 Å². The highest BCUT2D eigenvalue weighted by atomic mass is 31.1. The van der Waals surface area contributed by atoms with E-state index in [0.717, 1.165) is 29.3 Å². The average Bonchev–Trinajstić information content (AvgIpc) is 2.85. The summed E-state index contributed by atoms with van der Waals surface area (Å²) in [5.41, 5.74) is 4.01. The third-order valence-electron chi connectivity index (χ3n) is 7.58. The first kappa shape index (κ1) is 22.9. The van der Waals surface area contributed by atoms with Crippen LogP contribution in [0.15, 0.2) is 47.9 Å². The molecule has 1 unspecified atom stereocenters. The molecule has 4 heteroatoms. The molecule has 0 amide bonds. The normalized spacial score (nSPS) is 26.1. The molecule has 0 aromatic heterocycles. The third-order valence-corrected chi connectivity index (χ3v) is 11.6. The van der Waals surface area contributed by atoms with Crippen molar-refractivity contribution in [2.45, 2.75) is 87.3 Å². The Bertz CT molecular complexity index is 757. The molecule has 0 bridgehead atoms. The first-order valence-electron chi connectivity index (χ1n) is 12.2. The van der Waals surface area contributed by atoms with Crippen molar-refractivity contribution in [2.75, 3.05) is 21.3 Å². The molecule has 31 heavy (non-hydrogen) atoms. The molecule has 2 fully saturated rings. The molecule has 3 aliphatic rings. The minimum absolute atomic E-state index is 0.355. The van der Waals surface area contributed by atoms with E-state index in [2.05, 4.69) is 36.4 Å². The molecule has 3 nitrogen and oxygen atoms in total. The van der Waals surface area contributed by atoms with Gasteiger partial charge in [-0.1, -0.05) is 76.8 Å². The van der Waals surface area contributed by atoms with Crippen LogP contribution in [0.2, 0.25) is 0 Å². The van der Waals surface area contributed by atoms with Gasteiger partial charge in [0.25, 0.3) is 0 Å². The van der Waals surface area contributed by atoms with Gasteiger partial charge in [0.2, 0.25) is 0 Å². The average molecular weight is 443 g/mol. The molecule has 3 aliphatic carbocycles. The van der Waals surface area contributed by atoms with E-state index in [1.165, 1.54) is 75.3 Å². The van der Waals surface area contributed by atoms with E-state index in [9.17, 15) is 0 Å². The summed E-state index contributed by atoms with van der Waals surface area (Å²) in [5, 5.41) is -0.355. The molecule has 1 aromatic rings. The molecule has 0 N–H and O–H groups in total. The molecule has 1 aromatic carbocycles. The topological polar surface area (TPSA) is 27.7 Å². The van der Waals surface area contributed by atoms with E-state index in [4.69, 9.17) is 14.2 Å². The lowest BCUT2D eigenvalue weighted by Gasteiger charge is -2.52. The fourth-order valence-corrected chi connectivity index (χ4v) is 10.8. The van der Waals surface area contributed by atoms with Gasteiger partial charge in [-0.3, -0.25) is 0 Å². The summed E-state index contributed by atoms with van der Waals surface area (Å²) in [6.45, 7) is 0. The van der Waals surface area contributed by atoms with Crippen LogP contribution in [0.3, 0.4) is 0 Å². The van der Waals surface area contributed by atoms with Gasteiger partial charge in [0.15, 0.2) is 0 Å². The van der Waals surface area contributed by atoms with Crippen molar-refractivity contribution >= 4 is 13.5 Å². The van der Waals surface area contributed by atoms with E-state index in [-0.39, 0.29) is 5.34 Å². The van der Waals surface area contributed by atoms with Gasteiger partial charge in [-0.05, 0) is 42.6 Å². The quantitative estimate of drug-likeness (QED) is 0.410. The molecular formula is C27H39O3P. The van der Waals surface area contributed by atoms with E-state index in [1.807, 2.05) is 7.11 Å². The first-order chi connectivity index (χ1) is 15.2.